The average molecular weight is 375 g/mol. The largest absolute Gasteiger partial charge is 0.292 e. The zero-order chi connectivity index (χ0) is 18.6. The highest BCUT2D eigenvalue weighted by Crippen LogP contribution is 2.39. The molecule has 0 amide bonds. The first-order valence-electron chi connectivity index (χ1n) is 10.5. The maximum absolute atomic E-state index is 7.27. The molecule has 2 saturated heterocycles. The summed E-state index contributed by atoms with van der Waals surface area (Å²) in [5.41, 5.74) is 4.35. The molecule has 0 radical (unpaired) electrons. The normalized spacial score (nSPS) is 25.8. The van der Waals surface area contributed by atoms with E-state index in [0.29, 0.717) is 6.04 Å². The summed E-state index contributed by atoms with van der Waals surface area (Å²) in [6, 6.07) is 11.5. The number of benzene rings is 1. The monoisotopic (exact) mass is 374 g/mol. The molecule has 1 aromatic carbocycles. The molecule has 2 fully saturated rings. The van der Waals surface area contributed by atoms with Gasteiger partial charge < -0.3 is 0 Å². The Balaban J connectivity index is 1.82. The van der Waals surface area contributed by atoms with Crippen LogP contribution in [0.15, 0.2) is 41.5 Å². The molecule has 2 unspecified atom stereocenters. The van der Waals surface area contributed by atoms with E-state index in [0.717, 1.165) is 26.1 Å². The van der Waals surface area contributed by atoms with E-state index >= 15 is 0 Å². The van der Waals surface area contributed by atoms with Gasteiger partial charge in [0.25, 0.3) is 0 Å². The Kier molecular flexibility index (Phi) is 6.82. The summed E-state index contributed by atoms with van der Waals surface area (Å²) in [5, 5.41) is 0. The van der Waals surface area contributed by atoms with Crippen LogP contribution in [0.1, 0.15) is 70.9 Å². The standard InChI is InChI=1S/C23H35ClN2/c1-4-19(2)21(23(3,24)26-16-9-6-10-17-26)18-25-15-11-14-22(25)20-12-7-5-8-13-20/h5,7-8,12-13,22H,4,6,9-11,14-18H2,1-3H3. The summed E-state index contributed by atoms with van der Waals surface area (Å²) >= 11 is 7.27. The van der Waals surface area contributed by atoms with Gasteiger partial charge in [-0.15, -0.1) is 0 Å². The maximum atomic E-state index is 7.27. The van der Waals surface area contributed by atoms with Gasteiger partial charge >= 0.3 is 0 Å². The third-order valence-corrected chi connectivity index (χ3v) is 6.92. The van der Waals surface area contributed by atoms with Crippen molar-refractivity contribution in [2.45, 2.75) is 70.3 Å². The molecule has 0 spiro atoms. The molecule has 26 heavy (non-hydrogen) atoms. The van der Waals surface area contributed by atoms with Crippen molar-refractivity contribution in [2.75, 3.05) is 26.2 Å². The number of nitrogens with zero attached hydrogens (tertiary/aromatic N) is 2. The fraction of sp³-hybridized carbons (Fsp3) is 0.652. The van der Waals surface area contributed by atoms with E-state index in [9.17, 15) is 0 Å². The van der Waals surface area contributed by atoms with Gasteiger partial charge in [-0.1, -0.05) is 60.9 Å². The van der Waals surface area contributed by atoms with Crippen LogP contribution in [0.5, 0.6) is 0 Å². The van der Waals surface area contributed by atoms with E-state index < -0.39 is 0 Å². The van der Waals surface area contributed by atoms with Crippen molar-refractivity contribution in [2.24, 2.45) is 0 Å². The van der Waals surface area contributed by atoms with Crippen LogP contribution in [0.25, 0.3) is 0 Å². The fourth-order valence-electron chi connectivity index (χ4n) is 4.66. The van der Waals surface area contributed by atoms with Crippen LogP contribution in [0.3, 0.4) is 0 Å². The zero-order valence-corrected chi connectivity index (χ0v) is 17.6. The van der Waals surface area contributed by atoms with E-state index in [2.05, 4.69) is 60.9 Å². The lowest BCUT2D eigenvalue weighted by atomic mass is 9.95. The molecule has 2 aliphatic heterocycles. The number of rotatable bonds is 6. The first-order valence-corrected chi connectivity index (χ1v) is 10.8. The molecule has 0 aliphatic carbocycles. The van der Waals surface area contributed by atoms with Crippen LogP contribution in [0.2, 0.25) is 0 Å². The number of piperidine rings is 1. The van der Waals surface area contributed by atoms with Crippen LogP contribution >= 0.6 is 11.6 Å². The van der Waals surface area contributed by atoms with Crippen molar-refractivity contribution in [1.29, 1.82) is 0 Å². The number of hydrogen-bond donors (Lipinski definition) is 0. The van der Waals surface area contributed by atoms with Crippen molar-refractivity contribution in [3.05, 3.63) is 47.0 Å². The molecular weight excluding hydrogens is 340 g/mol. The number of alkyl halides is 1. The topological polar surface area (TPSA) is 6.48 Å². The average Bonchev–Trinajstić information content (AvgIpc) is 3.15. The molecule has 3 rings (SSSR count). The fourth-order valence-corrected chi connectivity index (χ4v) is 5.05. The second kappa shape index (κ2) is 8.91. The predicted octanol–water partition coefficient (Wildman–Crippen LogP) is 5.99. The second-order valence-corrected chi connectivity index (χ2v) is 8.89. The van der Waals surface area contributed by atoms with Gasteiger partial charge in [0.1, 0.15) is 5.00 Å². The third kappa shape index (κ3) is 4.35. The van der Waals surface area contributed by atoms with Crippen molar-refractivity contribution >= 4 is 11.6 Å². The first kappa shape index (κ1) is 19.9. The van der Waals surface area contributed by atoms with Crippen LogP contribution < -0.4 is 0 Å². The molecular formula is C23H35ClN2. The minimum Gasteiger partial charge on any atom is -0.292 e. The summed E-state index contributed by atoms with van der Waals surface area (Å²) < 4.78 is 0. The Labute approximate surface area is 165 Å². The molecule has 144 valence electrons. The van der Waals surface area contributed by atoms with Crippen molar-refractivity contribution in [3.8, 4) is 0 Å². The molecule has 2 atom stereocenters. The lowest BCUT2D eigenvalue weighted by Gasteiger charge is -2.43. The third-order valence-electron chi connectivity index (χ3n) is 6.46. The van der Waals surface area contributed by atoms with Crippen LogP contribution in [0, 0.1) is 0 Å². The Bertz CT molecular complexity index is 602. The summed E-state index contributed by atoms with van der Waals surface area (Å²) in [5.74, 6) is 0. The Morgan fingerprint density at radius 3 is 2.42 bits per heavy atom. The van der Waals surface area contributed by atoms with Crippen LogP contribution in [0.4, 0.5) is 0 Å². The smallest absolute Gasteiger partial charge is 0.116 e. The summed E-state index contributed by atoms with van der Waals surface area (Å²) in [6.07, 6.45) is 7.51. The molecule has 2 heterocycles. The lowest BCUT2D eigenvalue weighted by molar-refractivity contribution is 0.155. The van der Waals surface area contributed by atoms with Gasteiger partial charge in [-0.3, -0.25) is 9.80 Å². The molecule has 0 bridgehead atoms. The maximum Gasteiger partial charge on any atom is 0.116 e. The molecule has 3 heteroatoms. The molecule has 0 aromatic heterocycles. The summed E-state index contributed by atoms with van der Waals surface area (Å²) in [7, 11) is 0. The number of hydrogen-bond acceptors (Lipinski definition) is 2. The van der Waals surface area contributed by atoms with Crippen LogP contribution in [-0.2, 0) is 0 Å². The number of halogens is 1. The number of allylic oxidation sites excluding steroid dienone is 1. The first-order chi connectivity index (χ1) is 12.5. The van der Waals surface area contributed by atoms with E-state index in [4.69, 9.17) is 11.6 Å². The highest BCUT2D eigenvalue weighted by molar-refractivity contribution is 6.25. The van der Waals surface area contributed by atoms with Crippen molar-refractivity contribution in [1.82, 2.24) is 9.80 Å². The minimum atomic E-state index is -0.357. The predicted molar refractivity (Wildman–Crippen MR) is 113 cm³/mol. The van der Waals surface area contributed by atoms with Gasteiger partial charge in [-0.2, -0.15) is 0 Å². The van der Waals surface area contributed by atoms with Crippen molar-refractivity contribution < 1.29 is 0 Å². The highest BCUT2D eigenvalue weighted by Gasteiger charge is 2.37. The van der Waals surface area contributed by atoms with Crippen LogP contribution in [-0.4, -0.2) is 41.0 Å². The van der Waals surface area contributed by atoms with Crippen molar-refractivity contribution in [3.63, 3.8) is 0 Å². The van der Waals surface area contributed by atoms with E-state index in [1.807, 2.05) is 0 Å². The Morgan fingerprint density at radius 2 is 1.77 bits per heavy atom. The van der Waals surface area contributed by atoms with Gasteiger partial charge in [-0.05, 0) is 63.6 Å². The molecule has 2 nitrogen and oxygen atoms in total. The molecule has 2 aliphatic rings. The van der Waals surface area contributed by atoms with Gasteiger partial charge in [0.15, 0.2) is 0 Å². The van der Waals surface area contributed by atoms with Gasteiger partial charge in [-0.25, -0.2) is 0 Å². The van der Waals surface area contributed by atoms with Gasteiger partial charge in [0.2, 0.25) is 0 Å². The second-order valence-electron chi connectivity index (χ2n) is 8.15. The SMILES string of the molecule is CCC(C)=C(CN1CCCC1c1ccccc1)C(C)(Cl)N1CCCCC1. The molecule has 0 N–H and O–H groups in total. The minimum absolute atomic E-state index is 0.357. The summed E-state index contributed by atoms with van der Waals surface area (Å²) in [4.78, 5) is 4.82. The Morgan fingerprint density at radius 1 is 1.08 bits per heavy atom. The number of likely N-dealkylation sites (tertiary alicyclic amines) is 2. The summed E-state index contributed by atoms with van der Waals surface area (Å²) in [6.45, 7) is 11.2. The van der Waals surface area contributed by atoms with E-state index in [-0.39, 0.29) is 5.00 Å². The lowest BCUT2D eigenvalue weighted by Crippen LogP contribution is -2.48. The Hall–Kier alpha value is -0.830. The van der Waals surface area contributed by atoms with E-state index in [1.165, 1.54) is 55.4 Å². The van der Waals surface area contributed by atoms with Gasteiger partial charge in [0, 0.05) is 25.7 Å². The highest BCUT2D eigenvalue weighted by atomic mass is 35.5. The quantitative estimate of drug-likeness (QED) is 0.342. The van der Waals surface area contributed by atoms with E-state index in [1.54, 1.807) is 0 Å². The zero-order valence-electron chi connectivity index (χ0n) is 16.8. The molecule has 0 saturated carbocycles. The van der Waals surface area contributed by atoms with Gasteiger partial charge in [0.05, 0.1) is 0 Å². The molecule has 1 aromatic rings.